The zero-order chi connectivity index (χ0) is 14.4. The predicted octanol–water partition coefficient (Wildman–Crippen LogP) is 3.14. The van der Waals surface area contributed by atoms with Crippen LogP contribution in [0.5, 0.6) is 0 Å². The van der Waals surface area contributed by atoms with Crippen LogP contribution in [0, 0.1) is 23.2 Å². The lowest BCUT2D eigenvalue weighted by Gasteiger charge is -2.55. The predicted molar refractivity (Wildman–Crippen MR) is 86.7 cm³/mol. The normalized spacial score (nSPS) is 41.2. The minimum Gasteiger partial charge on any atom is -0.360 e. The smallest absolute Gasteiger partial charge is 0.232 e. The highest BCUT2D eigenvalue weighted by molar-refractivity contribution is 7.80. The number of carbonyl (C=O) groups excluding carboxylic acids is 1. The van der Waals surface area contributed by atoms with E-state index in [0.29, 0.717) is 11.2 Å². The summed E-state index contributed by atoms with van der Waals surface area (Å²) in [4.78, 5) is 12.8. The van der Waals surface area contributed by atoms with Gasteiger partial charge in [-0.1, -0.05) is 12.8 Å². The first-order valence-corrected chi connectivity index (χ1v) is 9.16. The summed E-state index contributed by atoms with van der Waals surface area (Å²) in [5.74, 6) is 2.63. The van der Waals surface area contributed by atoms with Crippen molar-refractivity contribution in [3.63, 3.8) is 0 Å². The fourth-order valence-corrected chi connectivity index (χ4v) is 6.18. The van der Waals surface area contributed by atoms with Crippen molar-refractivity contribution >= 4 is 23.2 Å². The van der Waals surface area contributed by atoms with Crippen LogP contribution >= 0.6 is 12.2 Å². The first kappa shape index (κ1) is 14.0. The zero-order valence-electron chi connectivity index (χ0n) is 12.7. The van der Waals surface area contributed by atoms with Crippen LogP contribution in [0.3, 0.4) is 0 Å². The van der Waals surface area contributed by atoms with Crippen molar-refractivity contribution in [2.24, 2.45) is 23.2 Å². The fraction of sp³-hybridized carbons (Fsp3) is 0.882. The van der Waals surface area contributed by atoms with E-state index >= 15 is 0 Å². The maximum absolute atomic E-state index is 12.8. The molecule has 0 atom stereocenters. The molecule has 0 unspecified atom stereocenters. The molecule has 116 valence electrons. The highest BCUT2D eigenvalue weighted by Gasteiger charge is 2.54. The molecule has 0 aliphatic heterocycles. The molecule has 2 N–H and O–H groups in total. The third kappa shape index (κ3) is 2.60. The average Bonchev–Trinajstić information content (AvgIpc) is 2.89. The number of carbonyl (C=O) groups is 1. The van der Waals surface area contributed by atoms with Crippen LogP contribution < -0.4 is 10.6 Å². The lowest BCUT2D eigenvalue weighted by atomic mass is 9.49. The number of nitrogens with one attached hydrogen (secondary N) is 2. The van der Waals surface area contributed by atoms with E-state index in [2.05, 4.69) is 10.6 Å². The zero-order valence-corrected chi connectivity index (χ0v) is 13.5. The van der Waals surface area contributed by atoms with E-state index in [0.717, 1.165) is 37.0 Å². The highest BCUT2D eigenvalue weighted by Crippen LogP contribution is 2.60. The third-order valence-corrected chi connectivity index (χ3v) is 6.66. The van der Waals surface area contributed by atoms with Crippen LogP contribution in [-0.4, -0.2) is 17.1 Å². The monoisotopic (exact) mass is 306 g/mol. The molecule has 5 fully saturated rings. The Labute approximate surface area is 132 Å². The molecule has 5 saturated carbocycles. The maximum atomic E-state index is 12.8. The molecule has 0 saturated heterocycles. The fourth-order valence-electron chi connectivity index (χ4n) is 5.92. The van der Waals surface area contributed by atoms with Gasteiger partial charge in [0.2, 0.25) is 5.91 Å². The molecule has 0 radical (unpaired) electrons. The third-order valence-electron chi connectivity index (χ3n) is 6.44. The summed E-state index contributed by atoms with van der Waals surface area (Å²) in [6.07, 6.45) is 12.4. The van der Waals surface area contributed by atoms with Crippen molar-refractivity contribution in [3.8, 4) is 0 Å². The second kappa shape index (κ2) is 5.22. The second-order valence-electron chi connectivity index (χ2n) is 8.11. The van der Waals surface area contributed by atoms with Crippen LogP contribution in [0.15, 0.2) is 0 Å². The number of amides is 1. The minimum absolute atomic E-state index is 0.0871. The van der Waals surface area contributed by atoms with Gasteiger partial charge in [-0.2, -0.15) is 0 Å². The number of rotatable bonds is 2. The molecule has 5 aliphatic rings. The standard InChI is InChI=1S/C17H26N2OS/c20-15(19-16(21)18-14-3-1-2-4-14)17-8-11-5-12(9-17)7-13(6-11)10-17/h11-14H,1-10H2,(H2,18,19,20,21). The molecule has 0 aromatic rings. The lowest BCUT2D eigenvalue weighted by Crippen LogP contribution is -2.56. The summed E-state index contributed by atoms with van der Waals surface area (Å²) in [5.41, 5.74) is -0.0871. The molecular formula is C17H26N2OS. The van der Waals surface area contributed by atoms with Crippen LogP contribution in [0.2, 0.25) is 0 Å². The van der Waals surface area contributed by atoms with E-state index in [1.807, 2.05) is 0 Å². The maximum Gasteiger partial charge on any atom is 0.232 e. The van der Waals surface area contributed by atoms with Crippen molar-refractivity contribution in [1.82, 2.24) is 10.6 Å². The Morgan fingerprint density at radius 2 is 1.48 bits per heavy atom. The Bertz CT molecular complexity index is 420. The van der Waals surface area contributed by atoms with Gasteiger partial charge in [-0.3, -0.25) is 4.79 Å². The Morgan fingerprint density at radius 1 is 0.952 bits per heavy atom. The van der Waals surface area contributed by atoms with Crippen molar-refractivity contribution in [1.29, 1.82) is 0 Å². The molecule has 5 aliphatic carbocycles. The van der Waals surface area contributed by atoms with E-state index in [1.165, 1.54) is 44.9 Å². The Morgan fingerprint density at radius 3 is 2.00 bits per heavy atom. The van der Waals surface area contributed by atoms with Crippen molar-refractivity contribution in [3.05, 3.63) is 0 Å². The first-order chi connectivity index (χ1) is 10.1. The minimum atomic E-state index is -0.0871. The SMILES string of the molecule is O=C(NC(=S)NC1CCCC1)C12CC3CC(CC(C3)C1)C2. The van der Waals surface area contributed by atoms with Gasteiger partial charge in [-0.25, -0.2) is 0 Å². The van der Waals surface area contributed by atoms with E-state index in [1.54, 1.807) is 0 Å². The molecule has 0 aromatic heterocycles. The number of thiocarbonyl (C=S) groups is 1. The molecule has 1 amide bonds. The quantitative estimate of drug-likeness (QED) is 0.770. The molecule has 0 heterocycles. The Balaban J connectivity index is 1.39. The molecule has 0 spiro atoms. The van der Waals surface area contributed by atoms with Gasteiger partial charge in [0.15, 0.2) is 5.11 Å². The van der Waals surface area contributed by atoms with E-state index in [-0.39, 0.29) is 11.3 Å². The molecule has 3 nitrogen and oxygen atoms in total. The van der Waals surface area contributed by atoms with E-state index in [9.17, 15) is 4.79 Å². The number of hydrogen-bond donors (Lipinski definition) is 2. The first-order valence-electron chi connectivity index (χ1n) is 8.75. The van der Waals surface area contributed by atoms with Crippen LogP contribution in [-0.2, 0) is 4.79 Å². The van der Waals surface area contributed by atoms with Gasteiger partial charge in [-0.15, -0.1) is 0 Å². The molecule has 4 bridgehead atoms. The summed E-state index contributed by atoms with van der Waals surface area (Å²) in [6.45, 7) is 0. The Kier molecular flexibility index (Phi) is 3.48. The van der Waals surface area contributed by atoms with Crippen molar-refractivity contribution < 1.29 is 4.79 Å². The highest BCUT2D eigenvalue weighted by atomic mass is 32.1. The van der Waals surface area contributed by atoms with Gasteiger partial charge < -0.3 is 10.6 Å². The Hall–Kier alpha value is -0.640. The summed E-state index contributed by atoms with van der Waals surface area (Å²) < 4.78 is 0. The van der Waals surface area contributed by atoms with Gasteiger partial charge in [-0.05, 0) is 81.3 Å². The lowest BCUT2D eigenvalue weighted by molar-refractivity contribution is -0.144. The van der Waals surface area contributed by atoms with Gasteiger partial charge in [0.1, 0.15) is 0 Å². The summed E-state index contributed by atoms with van der Waals surface area (Å²) in [6, 6.07) is 0.481. The molecule has 5 rings (SSSR count). The summed E-state index contributed by atoms with van der Waals surface area (Å²) >= 11 is 5.38. The van der Waals surface area contributed by atoms with Gasteiger partial charge >= 0.3 is 0 Å². The molecule has 4 heteroatoms. The van der Waals surface area contributed by atoms with Crippen LogP contribution in [0.25, 0.3) is 0 Å². The van der Waals surface area contributed by atoms with Crippen molar-refractivity contribution in [2.75, 3.05) is 0 Å². The summed E-state index contributed by atoms with van der Waals surface area (Å²) in [5, 5.41) is 6.96. The topological polar surface area (TPSA) is 41.1 Å². The van der Waals surface area contributed by atoms with Gasteiger partial charge in [0.05, 0.1) is 5.41 Å². The van der Waals surface area contributed by atoms with Crippen molar-refractivity contribution in [2.45, 2.75) is 70.3 Å². The van der Waals surface area contributed by atoms with Crippen LogP contribution in [0.4, 0.5) is 0 Å². The van der Waals surface area contributed by atoms with Gasteiger partial charge in [0.25, 0.3) is 0 Å². The van der Waals surface area contributed by atoms with Gasteiger partial charge in [0, 0.05) is 6.04 Å². The molecular weight excluding hydrogens is 280 g/mol. The number of hydrogen-bond acceptors (Lipinski definition) is 2. The largest absolute Gasteiger partial charge is 0.360 e. The second-order valence-corrected chi connectivity index (χ2v) is 8.52. The molecule has 21 heavy (non-hydrogen) atoms. The summed E-state index contributed by atoms with van der Waals surface area (Å²) in [7, 11) is 0. The van der Waals surface area contributed by atoms with E-state index < -0.39 is 0 Å². The van der Waals surface area contributed by atoms with E-state index in [4.69, 9.17) is 12.2 Å². The molecule has 0 aromatic carbocycles. The average molecular weight is 306 g/mol. The van der Waals surface area contributed by atoms with Crippen LogP contribution in [0.1, 0.15) is 64.2 Å².